The number of hydrogen-bond donors (Lipinski definition) is 2. The van der Waals surface area contributed by atoms with E-state index in [4.69, 9.17) is 9.47 Å². The molecular formula is C22H30N2O4. The van der Waals surface area contributed by atoms with Crippen LogP contribution in [0.3, 0.4) is 0 Å². The lowest BCUT2D eigenvalue weighted by Gasteiger charge is -2.55. The van der Waals surface area contributed by atoms with Gasteiger partial charge in [0.1, 0.15) is 0 Å². The molecule has 4 bridgehead atoms. The average Bonchev–Trinajstić information content (AvgIpc) is 2.66. The molecule has 5 rings (SSSR count). The minimum atomic E-state index is -0.277. The summed E-state index contributed by atoms with van der Waals surface area (Å²) in [6, 6.07) is 3.33. The quantitative estimate of drug-likeness (QED) is 0.783. The Morgan fingerprint density at radius 3 is 2.04 bits per heavy atom. The Labute approximate surface area is 166 Å². The topological polar surface area (TPSA) is 76.7 Å². The number of anilines is 1. The van der Waals surface area contributed by atoms with Gasteiger partial charge in [-0.1, -0.05) is 0 Å². The number of benzene rings is 1. The lowest BCUT2D eigenvalue weighted by atomic mass is 9.49. The van der Waals surface area contributed by atoms with Gasteiger partial charge in [0, 0.05) is 12.6 Å². The largest absolute Gasteiger partial charge is 0.493 e. The van der Waals surface area contributed by atoms with E-state index in [0.717, 1.165) is 19.3 Å². The van der Waals surface area contributed by atoms with Gasteiger partial charge >= 0.3 is 0 Å². The highest BCUT2D eigenvalue weighted by Crippen LogP contribution is 2.60. The molecule has 4 fully saturated rings. The second-order valence-corrected chi connectivity index (χ2v) is 8.76. The Balaban J connectivity index is 1.64. The zero-order valence-corrected chi connectivity index (χ0v) is 17.0. The molecule has 1 aromatic carbocycles. The number of nitrogens with one attached hydrogen (secondary N) is 2. The first-order valence-corrected chi connectivity index (χ1v) is 10.3. The minimum Gasteiger partial charge on any atom is -0.493 e. The van der Waals surface area contributed by atoms with E-state index >= 15 is 0 Å². The van der Waals surface area contributed by atoms with Crippen LogP contribution in [-0.2, 0) is 4.79 Å². The molecule has 4 aliphatic carbocycles. The SMILES string of the molecule is CCNC(=O)c1cc(OC)c(OC)cc1NC(=O)C12CC3CC(CC(C3)C1)C2. The van der Waals surface area contributed by atoms with Gasteiger partial charge in [0.05, 0.1) is 30.9 Å². The fraction of sp³-hybridized carbons (Fsp3) is 0.636. The van der Waals surface area contributed by atoms with E-state index in [0.29, 0.717) is 47.0 Å². The third-order valence-corrected chi connectivity index (χ3v) is 6.87. The van der Waals surface area contributed by atoms with Crippen LogP contribution in [0.25, 0.3) is 0 Å². The summed E-state index contributed by atoms with van der Waals surface area (Å²) in [7, 11) is 3.08. The summed E-state index contributed by atoms with van der Waals surface area (Å²) in [5.41, 5.74) is 0.613. The number of amides is 2. The van der Waals surface area contributed by atoms with Crippen molar-refractivity contribution in [2.24, 2.45) is 23.2 Å². The van der Waals surface area contributed by atoms with Crippen LogP contribution in [0.2, 0.25) is 0 Å². The molecule has 0 aliphatic heterocycles. The van der Waals surface area contributed by atoms with E-state index in [1.54, 1.807) is 19.2 Å². The summed E-state index contributed by atoms with van der Waals surface area (Å²) < 4.78 is 10.7. The molecular weight excluding hydrogens is 356 g/mol. The molecule has 6 heteroatoms. The smallest absolute Gasteiger partial charge is 0.253 e. The molecule has 28 heavy (non-hydrogen) atoms. The van der Waals surface area contributed by atoms with E-state index in [9.17, 15) is 9.59 Å². The fourth-order valence-corrected chi connectivity index (χ4v) is 6.07. The second kappa shape index (κ2) is 7.30. The first-order chi connectivity index (χ1) is 13.5. The van der Waals surface area contributed by atoms with E-state index < -0.39 is 0 Å². The standard InChI is InChI=1S/C22H30N2O4/c1-4-23-20(25)16-8-18(27-2)19(28-3)9-17(16)24-21(26)22-10-13-5-14(11-22)7-15(6-13)12-22/h8-9,13-15H,4-7,10-12H2,1-3H3,(H,23,25)(H,24,26). The van der Waals surface area contributed by atoms with Crippen LogP contribution in [0.4, 0.5) is 5.69 Å². The van der Waals surface area contributed by atoms with Gasteiger partial charge in [0.15, 0.2) is 11.5 Å². The van der Waals surface area contributed by atoms with Crippen molar-refractivity contribution in [3.05, 3.63) is 17.7 Å². The Bertz CT molecular complexity index is 754. The summed E-state index contributed by atoms with van der Waals surface area (Å²) in [5, 5.41) is 5.91. The third kappa shape index (κ3) is 3.23. The van der Waals surface area contributed by atoms with E-state index in [-0.39, 0.29) is 17.2 Å². The molecule has 1 aromatic rings. The van der Waals surface area contributed by atoms with Gasteiger partial charge in [-0.2, -0.15) is 0 Å². The predicted octanol–water partition coefficient (Wildman–Crippen LogP) is 3.61. The highest BCUT2D eigenvalue weighted by atomic mass is 16.5. The Kier molecular flexibility index (Phi) is 4.98. The maximum Gasteiger partial charge on any atom is 0.253 e. The molecule has 0 saturated heterocycles. The molecule has 0 radical (unpaired) electrons. The van der Waals surface area contributed by atoms with Gasteiger partial charge in [0.2, 0.25) is 5.91 Å². The molecule has 152 valence electrons. The third-order valence-electron chi connectivity index (χ3n) is 6.87. The molecule has 4 aliphatic rings. The van der Waals surface area contributed by atoms with Crippen LogP contribution in [0.15, 0.2) is 12.1 Å². The summed E-state index contributed by atoms with van der Waals surface area (Å²) in [4.78, 5) is 26.0. The van der Waals surface area contributed by atoms with Gasteiger partial charge in [0.25, 0.3) is 5.91 Å². The number of carbonyl (C=O) groups excluding carboxylic acids is 2. The van der Waals surface area contributed by atoms with Crippen LogP contribution in [0, 0.1) is 23.2 Å². The first kappa shape index (κ1) is 19.1. The summed E-state index contributed by atoms with van der Waals surface area (Å²) >= 11 is 0. The van der Waals surface area contributed by atoms with Gasteiger partial charge in [-0.25, -0.2) is 0 Å². The average molecular weight is 386 g/mol. The van der Waals surface area contributed by atoms with Crippen LogP contribution < -0.4 is 20.1 Å². The van der Waals surface area contributed by atoms with E-state index in [1.165, 1.54) is 26.4 Å². The lowest BCUT2D eigenvalue weighted by molar-refractivity contribution is -0.140. The Morgan fingerprint density at radius 1 is 1.00 bits per heavy atom. The van der Waals surface area contributed by atoms with Gasteiger partial charge in [-0.15, -0.1) is 0 Å². The van der Waals surface area contributed by atoms with Gasteiger partial charge in [-0.05, 0) is 69.3 Å². The zero-order chi connectivity index (χ0) is 19.9. The maximum absolute atomic E-state index is 13.4. The van der Waals surface area contributed by atoms with Crippen LogP contribution in [-0.4, -0.2) is 32.6 Å². The second-order valence-electron chi connectivity index (χ2n) is 8.76. The van der Waals surface area contributed by atoms with Crippen molar-refractivity contribution in [3.63, 3.8) is 0 Å². The highest BCUT2D eigenvalue weighted by molar-refractivity contribution is 6.05. The Morgan fingerprint density at radius 2 is 1.54 bits per heavy atom. The fourth-order valence-electron chi connectivity index (χ4n) is 6.07. The van der Waals surface area contributed by atoms with Crippen molar-refractivity contribution in [1.82, 2.24) is 5.32 Å². The summed E-state index contributed by atoms with van der Waals surface area (Å²) in [6.07, 6.45) is 6.80. The van der Waals surface area contributed by atoms with E-state index in [2.05, 4.69) is 10.6 Å². The lowest BCUT2D eigenvalue weighted by Crippen LogP contribution is -2.51. The summed E-state index contributed by atoms with van der Waals surface area (Å²) in [5.74, 6) is 2.85. The molecule has 0 unspecified atom stereocenters. The van der Waals surface area contributed by atoms with Crippen molar-refractivity contribution < 1.29 is 19.1 Å². The number of hydrogen-bond acceptors (Lipinski definition) is 4. The summed E-state index contributed by atoms with van der Waals surface area (Å²) in [6.45, 7) is 2.38. The molecule has 0 heterocycles. The molecule has 4 saturated carbocycles. The van der Waals surface area contributed by atoms with Crippen molar-refractivity contribution in [2.75, 3.05) is 26.1 Å². The van der Waals surface area contributed by atoms with Crippen molar-refractivity contribution in [1.29, 1.82) is 0 Å². The molecule has 6 nitrogen and oxygen atoms in total. The van der Waals surface area contributed by atoms with Crippen molar-refractivity contribution >= 4 is 17.5 Å². The minimum absolute atomic E-state index is 0.0596. The van der Waals surface area contributed by atoms with Gasteiger partial charge < -0.3 is 20.1 Å². The molecule has 0 atom stereocenters. The van der Waals surface area contributed by atoms with Crippen LogP contribution in [0.1, 0.15) is 55.8 Å². The van der Waals surface area contributed by atoms with Crippen LogP contribution >= 0.6 is 0 Å². The normalized spacial score (nSPS) is 30.0. The number of methoxy groups -OCH3 is 2. The Hall–Kier alpha value is -2.24. The number of carbonyl (C=O) groups is 2. The van der Waals surface area contributed by atoms with Crippen molar-refractivity contribution in [2.45, 2.75) is 45.4 Å². The molecule has 0 spiro atoms. The predicted molar refractivity (Wildman–Crippen MR) is 107 cm³/mol. The maximum atomic E-state index is 13.4. The van der Waals surface area contributed by atoms with Gasteiger partial charge in [-0.3, -0.25) is 9.59 Å². The molecule has 2 amide bonds. The monoisotopic (exact) mass is 386 g/mol. The zero-order valence-electron chi connectivity index (χ0n) is 17.0. The number of rotatable bonds is 6. The highest BCUT2D eigenvalue weighted by Gasteiger charge is 2.54. The molecule has 2 N–H and O–H groups in total. The first-order valence-electron chi connectivity index (χ1n) is 10.3. The number of ether oxygens (including phenoxy) is 2. The van der Waals surface area contributed by atoms with Crippen molar-refractivity contribution in [3.8, 4) is 11.5 Å². The van der Waals surface area contributed by atoms with E-state index in [1.807, 2.05) is 6.92 Å². The molecule has 0 aromatic heterocycles. The van der Waals surface area contributed by atoms with Crippen LogP contribution in [0.5, 0.6) is 11.5 Å².